The van der Waals surface area contributed by atoms with Crippen molar-refractivity contribution in [3.63, 3.8) is 0 Å². The summed E-state index contributed by atoms with van der Waals surface area (Å²) in [6.07, 6.45) is 9.98. The minimum Gasteiger partial charge on any atom is -0.389 e. The van der Waals surface area contributed by atoms with Crippen molar-refractivity contribution >= 4 is 5.91 Å². The minimum absolute atomic E-state index is 0.00879. The molecule has 0 spiro atoms. The SMILES string of the molecule is C=CCCCC(C)NC(=O)CC1(O)CCCCC1. The zero-order valence-electron chi connectivity index (χ0n) is 11.6. The Morgan fingerprint density at radius 3 is 2.72 bits per heavy atom. The minimum atomic E-state index is -0.747. The van der Waals surface area contributed by atoms with E-state index in [0.717, 1.165) is 44.9 Å². The highest BCUT2D eigenvalue weighted by molar-refractivity contribution is 5.77. The first-order valence-electron chi connectivity index (χ1n) is 7.18. The van der Waals surface area contributed by atoms with Crippen LogP contribution in [-0.4, -0.2) is 22.7 Å². The van der Waals surface area contributed by atoms with Crippen molar-refractivity contribution in [3.05, 3.63) is 12.7 Å². The first kappa shape index (κ1) is 15.2. The first-order valence-corrected chi connectivity index (χ1v) is 7.18. The zero-order valence-corrected chi connectivity index (χ0v) is 11.6. The Balaban J connectivity index is 2.25. The Kier molecular flexibility index (Phi) is 6.41. The van der Waals surface area contributed by atoms with E-state index in [-0.39, 0.29) is 18.4 Å². The smallest absolute Gasteiger partial charge is 0.223 e. The summed E-state index contributed by atoms with van der Waals surface area (Å²) in [5.41, 5.74) is -0.747. The summed E-state index contributed by atoms with van der Waals surface area (Å²) in [5, 5.41) is 13.3. The monoisotopic (exact) mass is 253 g/mol. The van der Waals surface area contributed by atoms with Crippen molar-refractivity contribution in [3.8, 4) is 0 Å². The molecule has 1 unspecified atom stereocenters. The van der Waals surface area contributed by atoms with Crippen molar-refractivity contribution in [2.24, 2.45) is 0 Å². The topological polar surface area (TPSA) is 49.3 Å². The normalized spacial score (nSPS) is 20.1. The van der Waals surface area contributed by atoms with Crippen LogP contribution >= 0.6 is 0 Å². The molecule has 0 aliphatic heterocycles. The van der Waals surface area contributed by atoms with Crippen LogP contribution in [-0.2, 0) is 4.79 Å². The van der Waals surface area contributed by atoms with Gasteiger partial charge in [-0.05, 0) is 39.0 Å². The number of carbonyl (C=O) groups is 1. The fraction of sp³-hybridized carbons (Fsp3) is 0.800. The average molecular weight is 253 g/mol. The molecule has 1 amide bonds. The summed E-state index contributed by atoms with van der Waals surface area (Å²) in [5.74, 6) is -0.00879. The molecule has 2 N–H and O–H groups in total. The van der Waals surface area contributed by atoms with Gasteiger partial charge >= 0.3 is 0 Å². The van der Waals surface area contributed by atoms with Crippen molar-refractivity contribution < 1.29 is 9.90 Å². The van der Waals surface area contributed by atoms with E-state index >= 15 is 0 Å². The summed E-state index contributed by atoms with van der Waals surface area (Å²) in [6, 6.07) is 0.185. The molecule has 1 aliphatic carbocycles. The number of aliphatic hydroxyl groups is 1. The molecule has 0 bridgehead atoms. The number of hydrogen-bond donors (Lipinski definition) is 2. The Labute approximate surface area is 111 Å². The van der Waals surface area contributed by atoms with Crippen molar-refractivity contribution in [1.82, 2.24) is 5.32 Å². The summed E-state index contributed by atoms with van der Waals surface area (Å²) >= 11 is 0. The molecule has 0 aromatic rings. The third-order valence-electron chi connectivity index (χ3n) is 3.73. The molecule has 0 aromatic heterocycles. The highest BCUT2D eigenvalue weighted by Gasteiger charge is 2.31. The summed E-state index contributed by atoms with van der Waals surface area (Å²) in [6.45, 7) is 5.70. The van der Waals surface area contributed by atoms with Crippen LogP contribution in [0.15, 0.2) is 12.7 Å². The number of allylic oxidation sites excluding steroid dienone is 1. The van der Waals surface area contributed by atoms with Gasteiger partial charge in [0.05, 0.1) is 12.0 Å². The van der Waals surface area contributed by atoms with E-state index in [4.69, 9.17) is 0 Å². The largest absolute Gasteiger partial charge is 0.389 e. The van der Waals surface area contributed by atoms with Gasteiger partial charge in [0.1, 0.15) is 0 Å². The quantitative estimate of drug-likeness (QED) is 0.541. The predicted octanol–water partition coefficient (Wildman–Crippen LogP) is 2.93. The number of carbonyl (C=O) groups excluding carboxylic acids is 1. The average Bonchev–Trinajstić information content (AvgIpc) is 2.29. The van der Waals surface area contributed by atoms with Crippen molar-refractivity contribution in [1.29, 1.82) is 0 Å². The highest BCUT2D eigenvalue weighted by Crippen LogP contribution is 2.30. The van der Waals surface area contributed by atoms with Gasteiger partial charge in [0, 0.05) is 6.04 Å². The Morgan fingerprint density at radius 1 is 1.44 bits per heavy atom. The van der Waals surface area contributed by atoms with Crippen LogP contribution in [0.2, 0.25) is 0 Å². The first-order chi connectivity index (χ1) is 8.56. The van der Waals surface area contributed by atoms with Gasteiger partial charge in [-0.25, -0.2) is 0 Å². The van der Waals surface area contributed by atoms with Crippen LogP contribution < -0.4 is 5.32 Å². The maximum absolute atomic E-state index is 11.9. The maximum Gasteiger partial charge on any atom is 0.223 e. The molecule has 0 saturated heterocycles. The lowest BCUT2D eigenvalue weighted by Crippen LogP contribution is -2.41. The number of unbranched alkanes of at least 4 members (excludes halogenated alkanes) is 1. The van der Waals surface area contributed by atoms with E-state index in [0.29, 0.717) is 0 Å². The fourth-order valence-electron chi connectivity index (χ4n) is 2.65. The molecular formula is C15H27NO2. The van der Waals surface area contributed by atoms with E-state index in [9.17, 15) is 9.90 Å². The molecule has 3 heteroatoms. The van der Waals surface area contributed by atoms with Gasteiger partial charge in [-0.15, -0.1) is 6.58 Å². The molecule has 0 aromatic carbocycles. The van der Waals surface area contributed by atoms with Crippen molar-refractivity contribution in [2.45, 2.75) is 76.4 Å². The van der Waals surface area contributed by atoms with Gasteiger partial charge in [0.15, 0.2) is 0 Å². The molecule has 104 valence electrons. The fourth-order valence-corrected chi connectivity index (χ4v) is 2.65. The molecule has 1 atom stereocenters. The van der Waals surface area contributed by atoms with Crippen LogP contribution in [0.25, 0.3) is 0 Å². The summed E-state index contributed by atoms with van der Waals surface area (Å²) in [4.78, 5) is 11.9. The highest BCUT2D eigenvalue weighted by atomic mass is 16.3. The zero-order chi connectivity index (χ0) is 13.4. The van der Waals surface area contributed by atoms with Crippen molar-refractivity contribution in [2.75, 3.05) is 0 Å². The molecule has 1 aliphatic rings. The maximum atomic E-state index is 11.9. The van der Waals surface area contributed by atoms with Gasteiger partial charge in [0.2, 0.25) is 5.91 Å². The van der Waals surface area contributed by atoms with Gasteiger partial charge in [-0.3, -0.25) is 4.79 Å². The second-order valence-electron chi connectivity index (χ2n) is 5.65. The molecule has 0 radical (unpaired) electrons. The van der Waals surface area contributed by atoms with E-state index in [1.165, 1.54) is 6.42 Å². The van der Waals surface area contributed by atoms with E-state index in [1.54, 1.807) is 0 Å². The van der Waals surface area contributed by atoms with E-state index in [1.807, 2.05) is 13.0 Å². The number of amides is 1. The van der Waals surface area contributed by atoms with E-state index in [2.05, 4.69) is 11.9 Å². The van der Waals surface area contributed by atoms with Gasteiger partial charge in [0.25, 0.3) is 0 Å². The lowest BCUT2D eigenvalue weighted by molar-refractivity contribution is -0.128. The Bertz CT molecular complexity index is 270. The third-order valence-corrected chi connectivity index (χ3v) is 3.73. The van der Waals surface area contributed by atoms with Gasteiger partial charge in [-0.1, -0.05) is 25.3 Å². The van der Waals surface area contributed by atoms with E-state index < -0.39 is 5.60 Å². The lowest BCUT2D eigenvalue weighted by Gasteiger charge is -2.31. The Hall–Kier alpha value is -0.830. The molecule has 1 rings (SSSR count). The molecule has 0 heterocycles. The van der Waals surface area contributed by atoms with Crippen LogP contribution in [0.3, 0.4) is 0 Å². The van der Waals surface area contributed by atoms with Crippen LogP contribution in [0.5, 0.6) is 0 Å². The molecular weight excluding hydrogens is 226 g/mol. The van der Waals surface area contributed by atoms with Gasteiger partial charge < -0.3 is 10.4 Å². The Morgan fingerprint density at radius 2 is 2.11 bits per heavy atom. The molecule has 18 heavy (non-hydrogen) atoms. The second kappa shape index (κ2) is 7.57. The number of rotatable bonds is 7. The summed E-state index contributed by atoms with van der Waals surface area (Å²) in [7, 11) is 0. The number of nitrogens with one attached hydrogen (secondary N) is 1. The molecule has 3 nitrogen and oxygen atoms in total. The molecule has 1 saturated carbocycles. The standard InChI is InChI=1S/C15H27NO2/c1-3-4-6-9-13(2)16-14(17)12-15(18)10-7-5-8-11-15/h3,13,18H,1,4-12H2,2H3,(H,16,17). The molecule has 1 fully saturated rings. The predicted molar refractivity (Wildman–Crippen MR) is 74.3 cm³/mol. The van der Waals surface area contributed by atoms with Gasteiger partial charge in [-0.2, -0.15) is 0 Å². The summed E-state index contributed by atoms with van der Waals surface area (Å²) < 4.78 is 0. The lowest BCUT2D eigenvalue weighted by atomic mass is 9.82. The second-order valence-corrected chi connectivity index (χ2v) is 5.65. The number of hydrogen-bond acceptors (Lipinski definition) is 2. The van der Waals surface area contributed by atoms with Crippen LogP contribution in [0.4, 0.5) is 0 Å². The third kappa shape index (κ3) is 5.67. The van der Waals surface area contributed by atoms with Crippen LogP contribution in [0.1, 0.15) is 64.7 Å². The van der Waals surface area contributed by atoms with Crippen LogP contribution in [0, 0.1) is 0 Å².